The third-order valence-electron chi connectivity index (χ3n) is 3.58. The summed E-state index contributed by atoms with van der Waals surface area (Å²) in [5, 5.41) is 4.07. The minimum atomic E-state index is 0.287. The zero-order chi connectivity index (χ0) is 13.1. The van der Waals surface area contributed by atoms with E-state index in [-0.39, 0.29) is 6.04 Å². The molecule has 0 amide bonds. The standard InChI is InChI=1S/C15H21ClN2/c1-11-5-4-8-18(10-11)13-6-7-14(12(2)17-3)15(16)9-13/h5-7,9,12,17H,4,8,10H2,1-3H3. The van der Waals surface area contributed by atoms with Crippen molar-refractivity contribution >= 4 is 17.3 Å². The van der Waals surface area contributed by atoms with Gasteiger partial charge in [0.05, 0.1) is 0 Å². The Kier molecular flexibility index (Phi) is 4.31. The monoisotopic (exact) mass is 264 g/mol. The molecule has 0 aromatic heterocycles. The molecule has 1 aromatic carbocycles. The van der Waals surface area contributed by atoms with Gasteiger partial charge in [-0.3, -0.25) is 0 Å². The normalized spacial score (nSPS) is 17.6. The second-order valence-electron chi connectivity index (χ2n) is 4.98. The first-order valence-electron chi connectivity index (χ1n) is 6.49. The number of anilines is 1. The number of halogens is 1. The lowest BCUT2D eigenvalue weighted by molar-refractivity contribution is 0.652. The van der Waals surface area contributed by atoms with E-state index in [2.05, 4.69) is 48.3 Å². The Morgan fingerprint density at radius 3 is 2.78 bits per heavy atom. The van der Waals surface area contributed by atoms with E-state index in [9.17, 15) is 0 Å². The SMILES string of the molecule is CNC(C)c1ccc(N2CCC=C(C)C2)cc1Cl. The summed E-state index contributed by atoms with van der Waals surface area (Å²) in [6.07, 6.45) is 3.44. The maximum Gasteiger partial charge on any atom is 0.0474 e. The summed E-state index contributed by atoms with van der Waals surface area (Å²) < 4.78 is 0. The van der Waals surface area contributed by atoms with Gasteiger partial charge < -0.3 is 10.2 Å². The summed E-state index contributed by atoms with van der Waals surface area (Å²) in [5.41, 5.74) is 3.82. The highest BCUT2D eigenvalue weighted by molar-refractivity contribution is 6.31. The lowest BCUT2D eigenvalue weighted by Gasteiger charge is -2.29. The van der Waals surface area contributed by atoms with Crippen LogP contribution >= 0.6 is 11.6 Å². The molecule has 0 saturated heterocycles. The van der Waals surface area contributed by atoms with Crippen molar-refractivity contribution in [2.45, 2.75) is 26.3 Å². The number of hydrogen-bond acceptors (Lipinski definition) is 2. The molecule has 3 heteroatoms. The van der Waals surface area contributed by atoms with E-state index in [0.717, 1.165) is 30.1 Å². The number of rotatable bonds is 3. The zero-order valence-corrected chi connectivity index (χ0v) is 12.1. The Morgan fingerprint density at radius 1 is 1.39 bits per heavy atom. The molecule has 1 atom stereocenters. The van der Waals surface area contributed by atoms with E-state index in [1.165, 1.54) is 11.3 Å². The zero-order valence-electron chi connectivity index (χ0n) is 11.3. The largest absolute Gasteiger partial charge is 0.367 e. The molecule has 1 heterocycles. The first-order valence-corrected chi connectivity index (χ1v) is 6.87. The lowest BCUT2D eigenvalue weighted by Crippen LogP contribution is -2.29. The van der Waals surface area contributed by atoms with Gasteiger partial charge in [-0.2, -0.15) is 0 Å². The fourth-order valence-electron chi connectivity index (χ4n) is 2.35. The molecule has 0 fully saturated rings. The highest BCUT2D eigenvalue weighted by atomic mass is 35.5. The van der Waals surface area contributed by atoms with Crippen molar-refractivity contribution in [1.82, 2.24) is 5.32 Å². The molecule has 1 aliphatic heterocycles. The van der Waals surface area contributed by atoms with Gasteiger partial charge in [0.1, 0.15) is 0 Å². The second kappa shape index (κ2) is 5.77. The number of nitrogens with one attached hydrogen (secondary N) is 1. The molecule has 18 heavy (non-hydrogen) atoms. The molecule has 2 rings (SSSR count). The molecule has 1 aromatic rings. The highest BCUT2D eigenvalue weighted by Gasteiger charge is 2.13. The van der Waals surface area contributed by atoms with Crippen molar-refractivity contribution in [2.24, 2.45) is 0 Å². The molecule has 0 aliphatic carbocycles. The smallest absolute Gasteiger partial charge is 0.0474 e. The molecule has 1 unspecified atom stereocenters. The molecule has 0 radical (unpaired) electrons. The van der Waals surface area contributed by atoms with Crippen molar-refractivity contribution in [2.75, 3.05) is 25.0 Å². The first-order chi connectivity index (χ1) is 8.61. The molecule has 2 nitrogen and oxygen atoms in total. The molecular formula is C15H21ClN2. The van der Waals surface area contributed by atoms with Crippen molar-refractivity contribution in [3.8, 4) is 0 Å². The van der Waals surface area contributed by atoms with Gasteiger partial charge in [0.15, 0.2) is 0 Å². The third-order valence-corrected chi connectivity index (χ3v) is 3.91. The highest BCUT2D eigenvalue weighted by Crippen LogP contribution is 2.29. The van der Waals surface area contributed by atoms with Gasteiger partial charge in [-0.25, -0.2) is 0 Å². The van der Waals surface area contributed by atoms with Crippen LogP contribution in [0.3, 0.4) is 0 Å². The van der Waals surface area contributed by atoms with E-state index in [4.69, 9.17) is 11.6 Å². The fourth-order valence-corrected chi connectivity index (χ4v) is 2.69. The summed E-state index contributed by atoms with van der Waals surface area (Å²) in [7, 11) is 1.95. The van der Waals surface area contributed by atoms with Crippen molar-refractivity contribution in [3.63, 3.8) is 0 Å². The lowest BCUT2D eigenvalue weighted by atomic mass is 10.1. The molecule has 0 saturated carbocycles. The Bertz CT molecular complexity index is 454. The maximum atomic E-state index is 6.38. The van der Waals surface area contributed by atoms with Crippen molar-refractivity contribution in [1.29, 1.82) is 0 Å². The van der Waals surface area contributed by atoms with E-state index in [1.54, 1.807) is 0 Å². The van der Waals surface area contributed by atoms with Crippen LogP contribution in [-0.2, 0) is 0 Å². The predicted molar refractivity (Wildman–Crippen MR) is 79.5 cm³/mol. The van der Waals surface area contributed by atoms with Crippen LogP contribution in [-0.4, -0.2) is 20.1 Å². The van der Waals surface area contributed by atoms with E-state index in [0.29, 0.717) is 0 Å². The van der Waals surface area contributed by atoms with Crippen LogP contribution < -0.4 is 10.2 Å². The first kappa shape index (κ1) is 13.4. The summed E-state index contributed by atoms with van der Waals surface area (Å²) in [6, 6.07) is 6.68. The van der Waals surface area contributed by atoms with Gasteiger partial charge in [-0.1, -0.05) is 29.3 Å². The van der Waals surface area contributed by atoms with Crippen LogP contribution in [0.1, 0.15) is 31.9 Å². The van der Waals surface area contributed by atoms with Crippen LogP contribution in [0, 0.1) is 0 Å². The average Bonchev–Trinajstić information content (AvgIpc) is 2.37. The Labute approximate surface area is 115 Å². The minimum absolute atomic E-state index is 0.287. The molecule has 1 N–H and O–H groups in total. The topological polar surface area (TPSA) is 15.3 Å². The quantitative estimate of drug-likeness (QED) is 0.836. The summed E-state index contributed by atoms with van der Waals surface area (Å²) >= 11 is 6.38. The molecule has 0 bridgehead atoms. The van der Waals surface area contributed by atoms with Gasteiger partial charge in [0, 0.05) is 29.8 Å². The van der Waals surface area contributed by atoms with Gasteiger partial charge in [-0.05, 0) is 45.0 Å². The predicted octanol–water partition coefficient (Wildman–Crippen LogP) is 3.78. The molecule has 0 spiro atoms. The van der Waals surface area contributed by atoms with Gasteiger partial charge in [0.25, 0.3) is 0 Å². The van der Waals surface area contributed by atoms with E-state index in [1.807, 2.05) is 7.05 Å². The Morgan fingerprint density at radius 2 is 2.17 bits per heavy atom. The van der Waals surface area contributed by atoms with Gasteiger partial charge in [0.2, 0.25) is 0 Å². The van der Waals surface area contributed by atoms with Crippen molar-refractivity contribution in [3.05, 3.63) is 40.4 Å². The number of hydrogen-bond donors (Lipinski definition) is 1. The van der Waals surface area contributed by atoms with Crippen LogP contribution in [0.2, 0.25) is 5.02 Å². The van der Waals surface area contributed by atoms with E-state index >= 15 is 0 Å². The van der Waals surface area contributed by atoms with E-state index < -0.39 is 0 Å². The average molecular weight is 265 g/mol. The van der Waals surface area contributed by atoms with Gasteiger partial charge >= 0.3 is 0 Å². The summed E-state index contributed by atoms with van der Waals surface area (Å²) in [4.78, 5) is 2.38. The second-order valence-corrected chi connectivity index (χ2v) is 5.38. The summed E-state index contributed by atoms with van der Waals surface area (Å²) in [5.74, 6) is 0. The van der Waals surface area contributed by atoms with Crippen molar-refractivity contribution < 1.29 is 0 Å². The Balaban J connectivity index is 2.21. The molecular weight excluding hydrogens is 244 g/mol. The number of nitrogens with zero attached hydrogens (tertiary/aromatic N) is 1. The van der Waals surface area contributed by atoms with Crippen LogP contribution in [0.25, 0.3) is 0 Å². The third kappa shape index (κ3) is 2.88. The van der Waals surface area contributed by atoms with Gasteiger partial charge in [-0.15, -0.1) is 0 Å². The molecule has 1 aliphatic rings. The number of benzene rings is 1. The van der Waals surface area contributed by atoms with Crippen LogP contribution in [0.4, 0.5) is 5.69 Å². The Hall–Kier alpha value is -0.990. The maximum absolute atomic E-state index is 6.38. The summed E-state index contributed by atoms with van der Waals surface area (Å²) in [6.45, 7) is 6.39. The van der Waals surface area contributed by atoms with Crippen LogP contribution in [0.5, 0.6) is 0 Å². The minimum Gasteiger partial charge on any atom is -0.367 e. The fraction of sp³-hybridized carbons (Fsp3) is 0.467. The van der Waals surface area contributed by atoms with Crippen LogP contribution in [0.15, 0.2) is 29.8 Å². The molecule has 98 valence electrons.